The average molecular weight is 333 g/mol. The molecule has 2 heterocycles. The number of hydrogen-bond acceptors (Lipinski definition) is 5. The van der Waals surface area contributed by atoms with Crippen molar-refractivity contribution in [2.75, 3.05) is 13.6 Å². The van der Waals surface area contributed by atoms with E-state index < -0.39 is 10.0 Å². The largest absolute Gasteiger partial charge is 0.423 e. The van der Waals surface area contributed by atoms with Crippen LogP contribution >= 0.6 is 0 Å². The van der Waals surface area contributed by atoms with Crippen molar-refractivity contribution < 1.29 is 13.1 Å². The fraction of sp³-hybridized carbons (Fsp3) is 0.267. The first-order valence-corrected chi connectivity index (χ1v) is 8.76. The molecule has 0 fully saturated rings. The molecule has 1 atom stereocenters. The molecule has 6 nitrogen and oxygen atoms in total. The lowest BCUT2D eigenvalue weighted by atomic mass is 9.64. The maximum Gasteiger partial charge on any atom is 0.324 e. The summed E-state index contributed by atoms with van der Waals surface area (Å²) in [6, 6.07) is 11.1. The van der Waals surface area contributed by atoms with Crippen molar-refractivity contribution >= 4 is 22.4 Å². The Labute approximate surface area is 137 Å². The molecule has 2 aromatic rings. The van der Waals surface area contributed by atoms with Gasteiger partial charge in [0, 0.05) is 18.9 Å². The van der Waals surface area contributed by atoms with E-state index in [2.05, 4.69) is 28.7 Å². The van der Waals surface area contributed by atoms with Crippen molar-refractivity contribution in [3.05, 3.63) is 54.4 Å². The normalized spacial score (nSPS) is 16.5. The van der Waals surface area contributed by atoms with Crippen LogP contribution in [0, 0.1) is 0 Å². The Bertz CT molecular complexity index is 741. The molecule has 0 aliphatic carbocycles. The van der Waals surface area contributed by atoms with Crippen molar-refractivity contribution in [2.24, 2.45) is 5.73 Å². The van der Waals surface area contributed by atoms with Crippen molar-refractivity contribution in [3.8, 4) is 0 Å². The number of nitrogens with two attached hydrogens (primary N) is 1. The summed E-state index contributed by atoms with van der Waals surface area (Å²) in [6.07, 6.45) is 2.98. The average Bonchev–Trinajstić information content (AvgIpc) is 2.93. The van der Waals surface area contributed by atoms with Crippen LogP contribution in [0.4, 0.5) is 0 Å². The fourth-order valence-electron chi connectivity index (χ4n) is 2.39. The minimum absolute atomic E-state index is 0.108. The third-order valence-corrected chi connectivity index (χ3v) is 5.02. The molecule has 0 radical (unpaired) electrons. The second-order valence-electron chi connectivity index (χ2n) is 5.02. The Hall–Kier alpha value is -1.74. The molecular formula is C15H20BN3O3S. The van der Waals surface area contributed by atoms with E-state index in [0.717, 1.165) is 0 Å². The molecule has 3 rings (SSSR count). The van der Waals surface area contributed by atoms with Crippen LogP contribution in [-0.4, -0.2) is 33.9 Å². The smallest absolute Gasteiger partial charge is 0.324 e. The third-order valence-electron chi connectivity index (χ3n) is 3.59. The van der Waals surface area contributed by atoms with Gasteiger partial charge in [0.25, 0.3) is 0 Å². The molecular weight excluding hydrogens is 313 g/mol. The van der Waals surface area contributed by atoms with E-state index in [1.165, 1.54) is 42.6 Å². The zero-order valence-corrected chi connectivity index (χ0v) is 14.0. The summed E-state index contributed by atoms with van der Waals surface area (Å²) in [6.45, 7) is 2.84. The quantitative estimate of drug-likeness (QED) is 0.800. The number of hydrogen-bond donors (Lipinski definition) is 2. The van der Waals surface area contributed by atoms with Gasteiger partial charge in [0.05, 0.1) is 11.0 Å². The van der Waals surface area contributed by atoms with Gasteiger partial charge in [-0.25, -0.2) is 13.1 Å². The van der Waals surface area contributed by atoms with E-state index in [9.17, 15) is 8.42 Å². The van der Waals surface area contributed by atoms with E-state index in [0.29, 0.717) is 6.54 Å². The first-order chi connectivity index (χ1) is 11.0. The van der Waals surface area contributed by atoms with Crippen molar-refractivity contribution in [1.29, 1.82) is 0 Å². The highest BCUT2D eigenvalue weighted by atomic mass is 32.2. The van der Waals surface area contributed by atoms with Gasteiger partial charge in [0.1, 0.15) is 0 Å². The van der Waals surface area contributed by atoms with Crippen LogP contribution in [-0.2, 0) is 14.7 Å². The van der Waals surface area contributed by atoms with E-state index in [1.807, 2.05) is 12.1 Å². The van der Waals surface area contributed by atoms with Gasteiger partial charge in [-0.05, 0) is 30.2 Å². The minimum Gasteiger partial charge on any atom is -0.423 e. The maximum atomic E-state index is 11.1. The van der Waals surface area contributed by atoms with Crippen molar-refractivity contribution in [1.82, 2.24) is 9.71 Å². The standard InChI is InChI=1S/C9H12BNO.C6H8N2O2S/c1-10-8-5-3-2-4-7(8)9(6-11)12-10;1-7-11(9,10)6-2-4-8-5-3-6/h2-5,9H,6,11H2,1H3;2-5,7H,1H3. The highest BCUT2D eigenvalue weighted by Gasteiger charge is 2.29. The number of nitrogens with one attached hydrogen (secondary N) is 1. The van der Waals surface area contributed by atoms with Crippen molar-refractivity contribution in [3.63, 3.8) is 0 Å². The molecule has 1 aliphatic rings. The monoisotopic (exact) mass is 333 g/mol. The molecule has 23 heavy (non-hydrogen) atoms. The third kappa shape index (κ3) is 4.17. The van der Waals surface area contributed by atoms with Gasteiger partial charge in [0.15, 0.2) is 0 Å². The van der Waals surface area contributed by atoms with Crippen LogP contribution < -0.4 is 15.9 Å². The Morgan fingerprint density at radius 3 is 2.52 bits per heavy atom. The molecule has 0 saturated carbocycles. The molecule has 0 saturated heterocycles. The molecule has 1 unspecified atom stereocenters. The number of benzene rings is 1. The lowest BCUT2D eigenvalue weighted by Crippen LogP contribution is -2.23. The predicted octanol–water partition coefficient (Wildman–Crippen LogP) is 0.535. The molecule has 0 bridgehead atoms. The highest BCUT2D eigenvalue weighted by molar-refractivity contribution is 7.89. The summed E-state index contributed by atoms with van der Waals surface area (Å²) in [5.74, 6) is 0. The number of rotatable bonds is 3. The summed E-state index contributed by atoms with van der Waals surface area (Å²) in [5, 5.41) is 0. The summed E-state index contributed by atoms with van der Waals surface area (Å²) in [5.41, 5.74) is 8.13. The second-order valence-corrected chi connectivity index (χ2v) is 6.91. The molecule has 1 aliphatic heterocycles. The summed E-state index contributed by atoms with van der Waals surface area (Å²) >= 11 is 0. The number of aromatic nitrogens is 1. The van der Waals surface area contributed by atoms with Gasteiger partial charge in [0.2, 0.25) is 10.0 Å². The van der Waals surface area contributed by atoms with Gasteiger partial charge < -0.3 is 10.4 Å². The van der Waals surface area contributed by atoms with Crippen LogP contribution in [0.5, 0.6) is 0 Å². The Balaban J connectivity index is 0.000000168. The highest BCUT2D eigenvalue weighted by Crippen LogP contribution is 2.22. The Kier molecular flexibility index (Phi) is 5.89. The minimum atomic E-state index is -3.29. The van der Waals surface area contributed by atoms with Crippen LogP contribution in [0.2, 0.25) is 6.82 Å². The summed E-state index contributed by atoms with van der Waals surface area (Å²) < 4.78 is 30.0. The molecule has 1 aromatic carbocycles. The second kappa shape index (κ2) is 7.69. The SMILES string of the molecule is CB1OC(CN)c2ccccc21.CNS(=O)(=O)c1ccncc1. The molecule has 8 heteroatoms. The topological polar surface area (TPSA) is 94.3 Å². The molecule has 122 valence electrons. The lowest BCUT2D eigenvalue weighted by Gasteiger charge is -2.08. The van der Waals surface area contributed by atoms with Crippen LogP contribution in [0.15, 0.2) is 53.7 Å². The Morgan fingerprint density at radius 2 is 1.91 bits per heavy atom. The predicted molar refractivity (Wildman–Crippen MR) is 91.1 cm³/mol. The van der Waals surface area contributed by atoms with E-state index >= 15 is 0 Å². The van der Waals surface area contributed by atoms with Crippen molar-refractivity contribution in [2.45, 2.75) is 17.8 Å². The Morgan fingerprint density at radius 1 is 1.26 bits per heavy atom. The van der Waals surface area contributed by atoms with Gasteiger partial charge in [-0.1, -0.05) is 31.1 Å². The summed E-state index contributed by atoms with van der Waals surface area (Å²) in [7, 11) is -1.92. The number of nitrogens with zero attached hydrogens (tertiary/aromatic N) is 1. The maximum absolute atomic E-state index is 11.1. The van der Waals surface area contributed by atoms with E-state index in [-0.39, 0.29) is 17.9 Å². The van der Waals surface area contributed by atoms with E-state index in [1.54, 1.807) is 0 Å². The summed E-state index contributed by atoms with van der Waals surface area (Å²) in [4.78, 5) is 3.93. The first kappa shape index (κ1) is 17.6. The first-order valence-electron chi connectivity index (χ1n) is 7.27. The number of pyridine rings is 1. The number of fused-ring (bicyclic) bond motifs is 1. The van der Waals surface area contributed by atoms with Crippen LogP contribution in [0.25, 0.3) is 0 Å². The van der Waals surface area contributed by atoms with Crippen LogP contribution in [0.3, 0.4) is 0 Å². The number of sulfonamides is 1. The fourth-order valence-corrected chi connectivity index (χ4v) is 3.10. The molecule has 3 N–H and O–H groups in total. The molecule has 0 spiro atoms. The zero-order valence-electron chi connectivity index (χ0n) is 13.1. The zero-order chi connectivity index (χ0) is 16.9. The van der Waals surface area contributed by atoms with Gasteiger partial charge in [-0.3, -0.25) is 4.98 Å². The molecule has 0 amide bonds. The molecule has 1 aromatic heterocycles. The van der Waals surface area contributed by atoms with Gasteiger partial charge >= 0.3 is 6.92 Å². The lowest BCUT2D eigenvalue weighted by molar-refractivity contribution is 0.235. The van der Waals surface area contributed by atoms with Crippen LogP contribution in [0.1, 0.15) is 11.7 Å². The van der Waals surface area contributed by atoms with Gasteiger partial charge in [-0.2, -0.15) is 0 Å². The van der Waals surface area contributed by atoms with Gasteiger partial charge in [-0.15, -0.1) is 0 Å². The van der Waals surface area contributed by atoms with E-state index in [4.69, 9.17) is 10.4 Å².